The Morgan fingerprint density at radius 2 is 2.28 bits per heavy atom. The first-order chi connectivity index (χ1) is 8.74. The van der Waals surface area contributed by atoms with Crippen molar-refractivity contribution in [2.45, 2.75) is 13.5 Å². The zero-order valence-corrected chi connectivity index (χ0v) is 11.0. The predicted octanol–water partition coefficient (Wildman–Crippen LogP) is 1.19. The molecule has 0 saturated carbocycles. The highest BCUT2D eigenvalue weighted by molar-refractivity contribution is 5.76. The quantitative estimate of drug-likeness (QED) is 0.849. The standard InChI is InChI=1S/C14H20N4/c1-10-17-13-5-11(3-4-14(13)18(10)2)6-15-7-12-8-16-9-12/h3-5,12,15-16H,6-9H2,1-2H3. The molecule has 1 aliphatic heterocycles. The molecule has 1 aliphatic rings. The lowest BCUT2D eigenvalue weighted by molar-refractivity contribution is 0.331. The van der Waals surface area contributed by atoms with Gasteiger partial charge in [0.05, 0.1) is 11.0 Å². The van der Waals surface area contributed by atoms with E-state index < -0.39 is 0 Å². The second-order valence-corrected chi connectivity index (χ2v) is 5.20. The summed E-state index contributed by atoms with van der Waals surface area (Å²) in [4.78, 5) is 4.57. The van der Waals surface area contributed by atoms with Crippen LogP contribution in [0.5, 0.6) is 0 Å². The summed E-state index contributed by atoms with van der Waals surface area (Å²) in [7, 11) is 2.06. The highest BCUT2D eigenvalue weighted by Crippen LogP contribution is 2.16. The molecule has 4 nitrogen and oxygen atoms in total. The van der Waals surface area contributed by atoms with Crippen LogP contribution in [0.25, 0.3) is 11.0 Å². The number of benzene rings is 1. The summed E-state index contributed by atoms with van der Waals surface area (Å²) in [5.41, 5.74) is 3.62. The first kappa shape index (κ1) is 11.7. The number of imidazole rings is 1. The number of hydrogen-bond donors (Lipinski definition) is 2. The van der Waals surface area contributed by atoms with E-state index in [1.54, 1.807) is 0 Å². The van der Waals surface area contributed by atoms with E-state index in [9.17, 15) is 0 Å². The molecule has 0 radical (unpaired) electrons. The first-order valence-electron chi connectivity index (χ1n) is 6.57. The third-order valence-electron chi connectivity index (χ3n) is 3.80. The first-order valence-corrected chi connectivity index (χ1v) is 6.57. The number of rotatable bonds is 4. The van der Waals surface area contributed by atoms with Gasteiger partial charge < -0.3 is 15.2 Å². The summed E-state index contributed by atoms with van der Waals surface area (Å²) in [6, 6.07) is 6.54. The van der Waals surface area contributed by atoms with Gasteiger partial charge in [0.15, 0.2) is 0 Å². The Kier molecular flexibility index (Phi) is 3.06. The fraction of sp³-hybridized carbons (Fsp3) is 0.500. The normalized spacial score (nSPS) is 16.1. The van der Waals surface area contributed by atoms with Crippen molar-refractivity contribution < 1.29 is 0 Å². The number of aromatic nitrogens is 2. The van der Waals surface area contributed by atoms with Crippen LogP contribution in [0.1, 0.15) is 11.4 Å². The molecule has 2 aromatic rings. The fourth-order valence-electron chi connectivity index (χ4n) is 2.39. The minimum Gasteiger partial charge on any atom is -0.331 e. The highest BCUT2D eigenvalue weighted by Gasteiger charge is 2.15. The second kappa shape index (κ2) is 4.71. The Balaban J connectivity index is 1.68. The van der Waals surface area contributed by atoms with Gasteiger partial charge in [0, 0.05) is 33.2 Å². The molecule has 1 aromatic heterocycles. The highest BCUT2D eigenvalue weighted by atomic mass is 15.0. The lowest BCUT2D eigenvalue weighted by atomic mass is 10.0. The van der Waals surface area contributed by atoms with Crippen LogP contribution in [-0.4, -0.2) is 29.2 Å². The van der Waals surface area contributed by atoms with Gasteiger partial charge in [-0.05, 0) is 30.5 Å². The smallest absolute Gasteiger partial charge is 0.106 e. The van der Waals surface area contributed by atoms with E-state index in [2.05, 4.69) is 45.4 Å². The topological polar surface area (TPSA) is 41.9 Å². The molecule has 2 N–H and O–H groups in total. The van der Waals surface area contributed by atoms with Crippen LogP contribution in [0, 0.1) is 12.8 Å². The number of aryl methyl sites for hydroxylation is 2. The summed E-state index contributed by atoms with van der Waals surface area (Å²) in [6.07, 6.45) is 0. The van der Waals surface area contributed by atoms with Gasteiger partial charge in [0.1, 0.15) is 5.82 Å². The van der Waals surface area contributed by atoms with Crippen molar-refractivity contribution >= 4 is 11.0 Å². The molecule has 1 fully saturated rings. The molecular weight excluding hydrogens is 224 g/mol. The van der Waals surface area contributed by atoms with Crippen LogP contribution >= 0.6 is 0 Å². The number of fused-ring (bicyclic) bond motifs is 1. The molecule has 1 aromatic carbocycles. The molecule has 96 valence electrons. The van der Waals surface area contributed by atoms with E-state index >= 15 is 0 Å². The Labute approximate surface area is 107 Å². The molecule has 2 heterocycles. The van der Waals surface area contributed by atoms with Gasteiger partial charge in [0.2, 0.25) is 0 Å². The number of nitrogens with zero attached hydrogens (tertiary/aromatic N) is 2. The Morgan fingerprint density at radius 3 is 3.00 bits per heavy atom. The van der Waals surface area contributed by atoms with E-state index in [0.29, 0.717) is 0 Å². The SMILES string of the molecule is Cc1nc2cc(CNCC3CNC3)ccc2n1C. The van der Waals surface area contributed by atoms with Gasteiger partial charge in [-0.1, -0.05) is 6.07 Å². The van der Waals surface area contributed by atoms with Crippen LogP contribution in [0.2, 0.25) is 0 Å². The van der Waals surface area contributed by atoms with Crippen LogP contribution in [0.3, 0.4) is 0 Å². The van der Waals surface area contributed by atoms with Gasteiger partial charge in [-0.15, -0.1) is 0 Å². The molecule has 1 saturated heterocycles. The maximum Gasteiger partial charge on any atom is 0.106 e. The van der Waals surface area contributed by atoms with Gasteiger partial charge in [-0.2, -0.15) is 0 Å². The second-order valence-electron chi connectivity index (χ2n) is 5.20. The van der Waals surface area contributed by atoms with Crippen molar-refractivity contribution in [3.05, 3.63) is 29.6 Å². The maximum atomic E-state index is 4.57. The summed E-state index contributed by atoms with van der Waals surface area (Å²) in [5.74, 6) is 1.88. The fourth-order valence-corrected chi connectivity index (χ4v) is 2.39. The average Bonchev–Trinajstić information content (AvgIpc) is 2.58. The molecule has 0 spiro atoms. The number of hydrogen-bond acceptors (Lipinski definition) is 3. The number of nitrogens with one attached hydrogen (secondary N) is 2. The molecule has 18 heavy (non-hydrogen) atoms. The van der Waals surface area contributed by atoms with E-state index in [-0.39, 0.29) is 0 Å². The van der Waals surface area contributed by atoms with E-state index in [0.717, 1.165) is 43.4 Å². The summed E-state index contributed by atoms with van der Waals surface area (Å²) in [5, 5.41) is 6.81. The van der Waals surface area contributed by atoms with Gasteiger partial charge >= 0.3 is 0 Å². The maximum absolute atomic E-state index is 4.57. The molecule has 0 unspecified atom stereocenters. The molecule has 3 rings (SSSR count). The van der Waals surface area contributed by atoms with E-state index in [1.165, 1.54) is 11.1 Å². The van der Waals surface area contributed by atoms with E-state index in [4.69, 9.17) is 0 Å². The van der Waals surface area contributed by atoms with Crippen molar-refractivity contribution in [3.8, 4) is 0 Å². The average molecular weight is 244 g/mol. The van der Waals surface area contributed by atoms with Crippen molar-refractivity contribution in [2.24, 2.45) is 13.0 Å². The third kappa shape index (κ3) is 2.13. The summed E-state index contributed by atoms with van der Waals surface area (Å²) < 4.78 is 2.13. The van der Waals surface area contributed by atoms with Crippen LogP contribution in [0.4, 0.5) is 0 Å². The molecule has 0 aliphatic carbocycles. The largest absolute Gasteiger partial charge is 0.331 e. The molecular formula is C14H20N4. The van der Waals surface area contributed by atoms with Gasteiger partial charge in [-0.25, -0.2) is 4.98 Å². The minimum absolute atomic E-state index is 0.811. The lowest BCUT2D eigenvalue weighted by Gasteiger charge is -2.27. The lowest BCUT2D eigenvalue weighted by Crippen LogP contribution is -2.47. The zero-order chi connectivity index (χ0) is 12.5. The Morgan fingerprint density at radius 1 is 1.44 bits per heavy atom. The van der Waals surface area contributed by atoms with Crippen molar-refractivity contribution in [2.75, 3.05) is 19.6 Å². The van der Waals surface area contributed by atoms with Gasteiger partial charge in [0.25, 0.3) is 0 Å². The van der Waals surface area contributed by atoms with Crippen molar-refractivity contribution in [3.63, 3.8) is 0 Å². The summed E-state index contributed by atoms with van der Waals surface area (Å²) >= 11 is 0. The zero-order valence-electron chi connectivity index (χ0n) is 11.0. The predicted molar refractivity (Wildman–Crippen MR) is 73.5 cm³/mol. The van der Waals surface area contributed by atoms with Crippen LogP contribution in [-0.2, 0) is 13.6 Å². The molecule has 4 heteroatoms. The van der Waals surface area contributed by atoms with Gasteiger partial charge in [-0.3, -0.25) is 0 Å². The van der Waals surface area contributed by atoms with E-state index in [1.807, 2.05) is 6.92 Å². The molecule has 0 bridgehead atoms. The third-order valence-corrected chi connectivity index (χ3v) is 3.80. The Bertz CT molecular complexity index is 554. The van der Waals surface area contributed by atoms with Crippen molar-refractivity contribution in [1.82, 2.24) is 20.2 Å². The summed E-state index contributed by atoms with van der Waals surface area (Å²) in [6.45, 7) is 6.40. The molecule has 0 atom stereocenters. The molecule has 0 amide bonds. The Hall–Kier alpha value is -1.39. The minimum atomic E-state index is 0.811. The monoisotopic (exact) mass is 244 g/mol. The van der Waals surface area contributed by atoms with Crippen molar-refractivity contribution in [1.29, 1.82) is 0 Å². The van der Waals surface area contributed by atoms with Crippen LogP contribution < -0.4 is 10.6 Å². The van der Waals surface area contributed by atoms with Crippen LogP contribution in [0.15, 0.2) is 18.2 Å².